The smallest absolute Gasteiger partial charge is 0.348 e. The number of carbonyl (C=O) groups is 4. The lowest BCUT2D eigenvalue weighted by Gasteiger charge is -2.28. The number of rotatable bonds is 9. The molecule has 0 aromatic rings. The van der Waals surface area contributed by atoms with Gasteiger partial charge in [0.15, 0.2) is 5.78 Å². The Hall–Kier alpha value is -2.00. The maximum atomic E-state index is 11.8. The van der Waals surface area contributed by atoms with Crippen LogP contribution in [0.1, 0.15) is 47.5 Å². The lowest BCUT2D eigenvalue weighted by atomic mass is 9.97. The van der Waals surface area contributed by atoms with Gasteiger partial charge in [-0.3, -0.25) is 9.59 Å². The summed E-state index contributed by atoms with van der Waals surface area (Å²) < 4.78 is 9.87. The first-order chi connectivity index (χ1) is 10.6. The van der Waals surface area contributed by atoms with E-state index in [-0.39, 0.29) is 6.42 Å². The van der Waals surface area contributed by atoms with Gasteiger partial charge in [0, 0.05) is 6.42 Å². The molecule has 0 amide bonds. The van der Waals surface area contributed by atoms with Crippen molar-refractivity contribution in [3.8, 4) is 0 Å². The molecule has 2 unspecified atom stereocenters. The van der Waals surface area contributed by atoms with Gasteiger partial charge < -0.3 is 25.4 Å². The van der Waals surface area contributed by atoms with Crippen LogP contribution in [0, 0.1) is 0 Å². The molecule has 0 fully saturated rings. The van der Waals surface area contributed by atoms with E-state index >= 15 is 0 Å². The maximum Gasteiger partial charge on any atom is 0.348 e. The van der Waals surface area contributed by atoms with E-state index in [2.05, 4.69) is 0 Å². The molecule has 0 bridgehead atoms. The highest BCUT2D eigenvalue weighted by molar-refractivity contribution is 5.90. The van der Waals surface area contributed by atoms with Gasteiger partial charge in [0.05, 0.1) is 17.6 Å². The number of ether oxygens (including phenoxy) is 2. The third-order valence-corrected chi connectivity index (χ3v) is 2.78. The quantitative estimate of drug-likeness (QED) is 0.501. The van der Waals surface area contributed by atoms with E-state index in [1.54, 1.807) is 0 Å². The van der Waals surface area contributed by atoms with E-state index in [1.807, 2.05) is 0 Å². The van der Waals surface area contributed by atoms with Crippen LogP contribution < -0.4 is 5.73 Å². The number of nitrogens with two attached hydrogens (primary N) is 1. The molecule has 0 aromatic carbocycles. The summed E-state index contributed by atoms with van der Waals surface area (Å²) in [7, 11) is 0. The van der Waals surface area contributed by atoms with Gasteiger partial charge in [0.25, 0.3) is 0 Å². The fraction of sp³-hybridized carbons (Fsp3) is 0.733. The molecule has 0 radical (unpaired) electrons. The van der Waals surface area contributed by atoms with Gasteiger partial charge in [-0.25, -0.2) is 9.59 Å². The molecule has 0 saturated heterocycles. The predicted octanol–water partition coefficient (Wildman–Crippen LogP) is 0.338. The van der Waals surface area contributed by atoms with E-state index < -0.39 is 53.5 Å². The zero-order valence-corrected chi connectivity index (χ0v) is 14.5. The first-order valence-corrected chi connectivity index (χ1v) is 7.30. The molecule has 0 aliphatic rings. The van der Waals surface area contributed by atoms with Crippen molar-refractivity contribution in [2.45, 2.75) is 70.8 Å². The van der Waals surface area contributed by atoms with E-state index in [0.717, 1.165) is 0 Å². The monoisotopic (exact) mass is 347 g/mol. The molecule has 0 saturated carbocycles. The molecule has 0 aliphatic carbocycles. The zero-order valence-electron chi connectivity index (χ0n) is 14.5. The molecule has 0 aliphatic heterocycles. The summed E-state index contributed by atoms with van der Waals surface area (Å²) in [4.78, 5) is 45.9. The highest BCUT2D eigenvalue weighted by Gasteiger charge is 2.40. The van der Waals surface area contributed by atoms with Gasteiger partial charge in [0.1, 0.15) is 0 Å². The average Bonchev–Trinajstić information content (AvgIpc) is 2.37. The molecule has 9 heteroatoms. The first-order valence-electron chi connectivity index (χ1n) is 7.30. The third kappa shape index (κ3) is 8.02. The Morgan fingerprint density at radius 2 is 1.38 bits per heavy atom. The molecule has 0 heterocycles. The van der Waals surface area contributed by atoms with Crippen LogP contribution in [-0.4, -0.2) is 57.3 Å². The Balaban J connectivity index is 5.00. The number of Topliss-reactive ketones (excluding diaryl/α,β-unsaturated/α-hetero) is 1. The predicted molar refractivity (Wildman–Crippen MR) is 82.3 cm³/mol. The minimum atomic E-state index is -2.03. The third-order valence-electron chi connectivity index (χ3n) is 2.78. The van der Waals surface area contributed by atoms with Gasteiger partial charge >= 0.3 is 17.9 Å². The molecule has 9 nitrogen and oxygen atoms in total. The fourth-order valence-corrected chi connectivity index (χ4v) is 1.60. The number of esters is 1. The topological polar surface area (TPSA) is 153 Å². The van der Waals surface area contributed by atoms with Gasteiger partial charge in [-0.1, -0.05) is 0 Å². The number of ketones is 1. The van der Waals surface area contributed by atoms with Gasteiger partial charge in [-0.2, -0.15) is 0 Å². The van der Waals surface area contributed by atoms with E-state index in [9.17, 15) is 19.2 Å². The number of carbonyl (C=O) groups excluding carboxylic acids is 2. The van der Waals surface area contributed by atoms with Crippen molar-refractivity contribution in [1.29, 1.82) is 0 Å². The summed E-state index contributed by atoms with van der Waals surface area (Å²) in [6, 6.07) is 0. The van der Waals surface area contributed by atoms with Crippen LogP contribution in [0.5, 0.6) is 0 Å². The minimum Gasteiger partial charge on any atom is -0.479 e. The molecule has 24 heavy (non-hydrogen) atoms. The Morgan fingerprint density at radius 1 is 0.917 bits per heavy atom. The molecular formula is C15H25NO8. The molecule has 2 atom stereocenters. The fourth-order valence-electron chi connectivity index (χ4n) is 1.60. The van der Waals surface area contributed by atoms with E-state index in [1.165, 1.54) is 34.6 Å². The van der Waals surface area contributed by atoms with Crippen LogP contribution in [0.4, 0.5) is 0 Å². The van der Waals surface area contributed by atoms with Crippen LogP contribution in [0.2, 0.25) is 0 Å². The zero-order chi connectivity index (χ0) is 19.3. The second-order valence-electron chi connectivity index (χ2n) is 6.88. The second kappa shape index (κ2) is 8.20. The Labute approximate surface area is 140 Å². The molecule has 4 N–H and O–H groups in total. The van der Waals surface area contributed by atoms with Crippen LogP contribution in [0.3, 0.4) is 0 Å². The Kier molecular flexibility index (Phi) is 7.52. The maximum absolute atomic E-state index is 11.8. The van der Waals surface area contributed by atoms with Crippen molar-refractivity contribution >= 4 is 23.7 Å². The van der Waals surface area contributed by atoms with Crippen molar-refractivity contribution in [2.24, 2.45) is 5.73 Å². The number of carboxylic acids is 2. The lowest BCUT2D eigenvalue weighted by Crippen LogP contribution is -2.48. The van der Waals surface area contributed by atoms with Crippen LogP contribution >= 0.6 is 0 Å². The normalized spacial score (nSPS) is 14.6. The summed E-state index contributed by atoms with van der Waals surface area (Å²) in [6.07, 6.45) is -4.57. The van der Waals surface area contributed by atoms with Crippen molar-refractivity contribution < 1.29 is 38.9 Å². The number of hydrogen-bond donors (Lipinski definition) is 3. The number of aliphatic carboxylic acids is 2. The van der Waals surface area contributed by atoms with Gasteiger partial charge in [-0.05, 0) is 34.6 Å². The summed E-state index contributed by atoms with van der Waals surface area (Å²) in [5, 5.41) is 18.3. The highest BCUT2D eigenvalue weighted by Crippen LogP contribution is 2.17. The summed E-state index contributed by atoms with van der Waals surface area (Å²) in [6.45, 7) is 7.54. The van der Waals surface area contributed by atoms with Crippen LogP contribution in [0.25, 0.3) is 0 Å². The molecule has 0 rings (SSSR count). The molecule has 0 spiro atoms. The van der Waals surface area contributed by atoms with Gasteiger partial charge in [-0.15, -0.1) is 0 Å². The summed E-state index contributed by atoms with van der Waals surface area (Å²) in [5.74, 6) is -4.68. The minimum absolute atomic E-state index is 0.244. The summed E-state index contributed by atoms with van der Waals surface area (Å²) >= 11 is 0. The first kappa shape index (κ1) is 22.0. The molecular weight excluding hydrogens is 322 g/mol. The van der Waals surface area contributed by atoms with Gasteiger partial charge in [0.2, 0.25) is 12.2 Å². The Bertz CT molecular complexity index is 501. The second-order valence-corrected chi connectivity index (χ2v) is 6.88. The molecule has 0 aromatic heterocycles. The standard InChI is InChI=1S/C15H25NO8/c1-14(2,3)24-11(13(21)22)10(12(19)20)23-9(18)7-6-8(17)15(4,5)16/h10-11H,6-7,16H2,1-5H3,(H,19,20)(H,21,22). The highest BCUT2D eigenvalue weighted by atomic mass is 16.6. The lowest BCUT2D eigenvalue weighted by molar-refractivity contribution is -0.192. The van der Waals surface area contributed by atoms with Crippen molar-refractivity contribution in [3.05, 3.63) is 0 Å². The van der Waals surface area contributed by atoms with Crippen LogP contribution in [0.15, 0.2) is 0 Å². The number of hydrogen-bond acceptors (Lipinski definition) is 7. The molecule has 138 valence electrons. The van der Waals surface area contributed by atoms with E-state index in [4.69, 9.17) is 25.4 Å². The Morgan fingerprint density at radius 3 is 1.71 bits per heavy atom. The van der Waals surface area contributed by atoms with Crippen molar-refractivity contribution in [2.75, 3.05) is 0 Å². The van der Waals surface area contributed by atoms with Crippen LogP contribution in [-0.2, 0) is 28.7 Å². The average molecular weight is 347 g/mol. The van der Waals surface area contributed by atoms with Crippen molar-refractivity contribution in [1.82, 2.24) is 0 Å². The SMILES string of the molecule is CC(C)(C)OC(C(=O)O)C(OC(=O)CCC(=O)C(C)(C)N)C(=O)O. The summed E-state index contributed by atoms with van der Waals surface area (Å²) in [5.41, 5.74) is 3.48. The number of carboxylic acid groups (broad SMARTS) is 2. The van der Waals surface area contributed by atoms with E-state index in [0.29, 0.717) is 0 Å². The van der Waals surface area contributed by atoms with Crippen molar-refractivity contribution in [3.63, 3.8) is 0 Å². The largest absolute Gasteiger partial charge is 0.479 e.